The average molecular weight is 270 g/mol. The third-order valence-electron chi connectivity index (χ3n) is 3.66. The van der Waals surface area contributed by atoms with Crippen molar-refractivity contribution in [2.45, 2.75) is 12.5 Å². The molecule has 1 N–H and O–H groups in total. The third-order valence-corrected chi connectivity index (χ3v) is 3.66. The Morgan fingerprint density at radius 3 is 2.70 bits per heavy atom. The molecule has 0 spiro atoms. The standard InChI is InChI=1S/C14H18N6/c1-15-11(8-13-16-9-17-20(13)3)14-10-6-4-5-7-12(10)19(2)18-14/h4-7,9,11,15H,8H2,1-3H3. The minimum Gasteiger partial charge on any atom is -0.311 e. The highest BCUT2D eigenvalue weighted by atomic mass is 15.3. The summed E-state index contributed by atoms with van der Waals surface area (Å²) in [6.45, 7) is 0. The van der Waals surface area contributed by atoms with Crippen LogP contribution in [-0.4, -0.2) is 31.6 Å². The second kappa shape index (κ2) is 5.05. The Morgan fingerprint density at radius 1 is 1.20 bits per heavy atom. The van der Waals surface area contributed by atoms with Gasteiger partial charge in [-0.25, -0.2) is 4.98 Å². The van der Waals surface area contributed by atoms with Gasteiger partial charge >= 0.3 is 0 Å². The van der Waals surface area contributed by atoms with Crippen molar-refractivity contribution in [1.29, 1.82) is 0 Å². The van der Waals surface area contributed by atoms with Crippen LogP contribution >= 0.6 is 0 Å². The Labute approximate surface area is 117 Å². The van der Waals surface area contributed by atoms with E-state index in [1.54, 1.807) is 11.0 Å². The molecule has 0 saturated carbocycles. The zero-order chi connectivity index (χ0) is 14.1. The summed E-state index contributed by atoms with van der Waals surface area (Å²) in [5, 5.41) is 13.3. The van der Waals surface area contributed by atoms with Gasteiger partial charge in [0.2, 0.25) is 0 Å². The maximum absolute atomic E-state index is 4.67. The van der Waals surface area contributed by atoms with E-state index in [1.165, 1.54) is 5.39 Å². The number of rotatable bonds is 4. The molecule has 6 heteroatoms. The summed E-state index contributed by atoms with van der Waals surface area (Å²) in [7, 11) is 5.83. The summed E-state index contributed by atoms with van der Waals surface area (Å²) in [5.74, 6) is 0.944. The van der Waals surface area contributed by atoms with Crippen LogP contribution in [0.4, 0.5) is 0 Å². The van der Waals surface area contributed by atoms with Crippen LogP contribution in [0, 0.1) is 0 Å². The average Bonchev–Trinajstić information content (AvgIpc) is 3.01. The predicted molar refractivity (Wildman–Crippen MR) is 77.2 cm³/mol. The fourth-order valence-corrected chi connectivity index (χ4v) is 2.52. The number of nitrogens with one attached hydrogen (secondary N) is 1. The molecule has 2 aromatic heterocycles. The van der Waals surface area contributed by atoms with E-state index in [9.17, 15) is 0 Å². The lowest BCUT2D eigenvalue weighted by molar-refractivity contribution is 0.536. The highest BCUT2D eigenvalue weighted by molar-refractivity contribution is 5.82. The fraction of sp³-hybridized carbons (Fsp3) is 0.357. The molecule has 1 atom stereocenters. The number of benzene rings is 1. The first-order valence-electron chi connectivity index (χ1n) is 6.62. The van der Waals surface area contributed by atoms with E-state index in [4.69, 9.17) is 0 Å². The summed E-state index contributed by atoms with van der Waals surface area (Å²) in [6, 6.07) is 8.39. The summed E-state index contributed by atoms with van der Waals surface area (Å²) in [5.41, 5.74) is 2.19. The van der Waals surface area contributed by atoms with Crippen LogP contribution in [0.5, 0.6) is 0 Å². The molecule has 0 fully saturated rings. The maximum atomic E-state index is 4.67. The van der Waals surface area contributed by atoms with E-state index in [0.717, 1.165) is 23.5 Å². The summed E-state index contributed by atoms with van der Waals surface area (Å²) >= 11 is 0. The molecule has 1 unspecified atom stereocenters. The SMILES string of the molecule is CNC(Cc1ncnn1C)c1nn(C)c2ccccc12. The number of aromatic nitrogens is 5. The van der Waals surface area contributed by atoms with Gasteiger partial charge in [0.25, 0.3) is 0 Å². The van der Waals surface area contributed by atoms with Crippen LogP contribution in [0.15, 0.2) is 30.6 Å². The molecule has 0 aliphatic carbocycles. The van der Waals surface area contributed by atoms with Gasteiger partial charge in [0.1, 0.15) is 12.2 Å². The van der Waals surface area contributed by atoms with Gasteiger partial charge in [0, 0.05) is 25.9 Å². The Balaban J connectivity index is 2.01. The van der Waals surface area contributed by atoms with Crippen molar-refractivity contribution in [1.82, 2.24) is 29.9 Å². The van der Waals surface area contributed by atoms with Crippen LogP contribution in [-0.2, 0) is 20.5 Å². The summed E-state index contributed by atoms with van der Waals surface area (Å²) in [4.78, 5) is 4.29. The molecule has 0 saturated heterocycles. The monoisotopic (exact) mass is 270 g/mol. The molecule has 0 amide bonds. The largest absolute Gasteiger partial charge is 0.311 e. The van der Waals surface area contributed by atoms with Gasteiger partial charge in [-0.15, -0.1) is 0 Å². The molecular weight excluding hydrogens is 252 g/mol. The van der Waals surface area contributed by atoms with Gasteiger partial charge in [-0.1, -0.05) is 18.2 Å². The lowest BCUT2D eigenvalue weighted by Crippen LogP contribution is -2.21. The Kier molecular flexibility index (Phi) is 3.23. The highest BCUT2D eigenvalue weighted by Crippen LogP contribution is 2.24. The molecule has 0 aliphatic rings. The van der Waals surface area contributed by atoms with Crippen molar-refractivity contribution < 1.29 is 0 Å². The van der Waals surface area contributed by atoms with Crippen LogP contribution in [0.3, 0.4) is 0 Å². The Bertz CT molecular complexity index is 726. The topological polar surface area (TPSA) is 60.6 Å². The first-order chi connectivity index (χ1) is 9.70. The van der Waals surface area contributed by atoms with Gasteiger partial charge in [0.05, 0.1) is 17.3 Å². The third kappa shape index (κ3) is 2.08. The van der Waals surface area contributed by atoms with Crippen molar-refractivity contribution in [3.05, 3.63) is 42.1 Å². The van der Waals surface area contributed by atoms with Crippen molar-refractivity contribution in [2.24, 2.45) is 14.1 Å². The summed E-state index contributed by atoms with van der Waals surface area (Å²) in [6.07, 6.45) is 2.34. The quantitative estimate of drug-likeness (QED) is 0.774. The van der Waals surface area contributed by atoms with Crippen molar-refractivity contribution in [3.8, 4) is 0 Å². The molecule has 3 rings (SSSR count). The molecule has 0 bridgehead atoms. The molecule has 6 nitrogen and oxygen atoms in total. The van der Waals surface area contributed by atoms with Crippen LogP contribution in [0.25, 0.3) is 10.9 Å². The number of likely N-dealkylation sites (N-methyl/N-ethyl adjacent to an activating group) is 1. The van der Waals surface area contributed by atoms with Crippen LogP contribution in [0.1, 0.15) is 17.6 Å². The van der Waals surface area contributed by atoms with Crippen LogP contribution < -0.4 is 5.32 Å². The van der Waals surface area contributed by atoms with E-state index >= 15 is 0 Å². The number of para-hydroxylation sites is 1. The van der Waals surface area contributed by atoms with E-state index in [0.29, 0.717) is 0 Å². The molecule has 104 valence electrons. The molecule has 2 heterocycles. The van der Waals surface area contributed by atoms with Crippen molar-refractivity contribution in [3.63, 3.8) is 0 Å². The van der Waals surface area contributed by atoms with Gasteiger partial charge in [-0.05, 0) is 13.1 Å². The minimum absolute atomic E-state index is 0.115. The van der Waals surface area contributed by atoms with E-state index in [1.807, 2.05) is 38.0 Å². The number of hydrogen-bond acceptors (Lipinski definition) is 4. The second-order valence-electron chi connectivity index (χ2n) is 4.87. The van der Waals surface area contributed by atoms with E-state index in [2.05, 4.69) is 32.6 Å². The van der Waals surface area contributed by atoms with Gasteiger partial charge in [-0.2, -0.15) is 10.2 Å². The second-order valence-corrected chi connectivity index (χ2v) is 4.87. The minimum atomic E-state index is 0.115. The van der Waals surface area contributed by atoms with Crippen molar-refractivity contribution >= 4 is 10.9 Å². The lowest BCUT2D eigenvalue weighted by atomic mass is 10.1. The Morgan fingerprint density at radius 2 is 2.00 bits per heavy atom. The molecule has 0 aliphatic heterocycles. The van der Waals surface area contributed by atoms with Gasteiger partial charge < -0.3 is 5.32 Å². The first kappa shape index (κ1) is 12.8. The first-order valence-corrected chi connectivity index (χ1v) is 6.62. The Hall–Kier alpha value is -2.21. The predicted octanol–water partition coefficient (Wildman–Crippen LogP) is 1.20. The zero-order valence-electron chi connectivity index (χ0n) is 11.9. The number of fused-ring (bicyclic) bond motifs is 1. The normalized spacial score (nSPS) is 12.9. The lowest BCUT2D eigenvalue weighted by Gasteiger charge is -2.13. The van der Waals surface area contributed by atoms with Gasteiger partial charge in [0.15, 0.2) is 0 Å². The summed E-state index contributed by atoms with van der Waals surface area (Å²) < 4.78 is 3.72. The van der Waals surface area contributed by atoms with Crippen LogP contribution in [0.2, 0.25) is 0 Å². The molecular formula is C14H18N6. The number of aryl methyl sites for hydroxylation is 2. The maximum Gasteiger partial charge on any atom is 0.138 e. The molecule has 3 aromatic rings. The molecule has 0 radical (unpaired) electrons. The fourth-order valence-electron chi connectivity index (χ4n) is 2.52. The smallest absolute Gasteiger partial charge is 0.138 e. The van der Waals surface area contributed by atoms with E-state index in [-0.39, 0.29) is 6.04 Å². The molecule has 1 aromatic carbocycles. The van der Waals surface area contributed by atoms with E-state index < -0.39 is 0 Å². The number of hydrogen-bond donors (Lipinski definition) is 1. The van der Waals surface area contributed by atoms with Gasteiger partial charge in [-0.3, -0.25) is 9.36 Å². The number of nitrogens with zero attached hydrogens (tertiary/aromatic N) is 5. The molecule has 20 heavy (non-hydrogen) atoms. The van der Waals surface area contributed by atoms with Crippen molar-refractivity contribution in [2.75, 3.05) is 7.05 Å². The zero-order valence-corrected chi connectivity index (χ0v) is 11.9. The highest BCUT2D eigenvalue weighted by Gasteiger charge is 2.19.